The average molecular weight is 476 g/mol. The van der Waals surface area contributed by atoms with E-state index in [1.54, 1.807) is 30.4 Å². The van der Waals surface area contributed by atoms with Crippen molar-refractivity contribution in [2.75, 3.05) is 5.75 Å². The van der Waals surface area contributed by atoms with E-state index in [1.807, 2.05) is 24.3 Å². The fourth-order valence-corrected chi connectivity index (χ4v) is 4.48. The zero-order valence-electron chi connectivity index (χ0n) is 17.4. The molecule has 3 aromatic rings. The summed E-state index contributed by atoms with van der Waals surface area (Å²) in [6.45, 7) is 0. The minimum atomic E-state index is -0.0664. The van der Waals surface area contributed by atoms with Crippen molar-refractivity contribution >= 4 is 35.0 Å². The first-order valence-electron chi connectivity index (χ1n) is 10.7. The average Bonchev–Trinajstić information content (AvgIpc) is 2.77. The number of nitrogens with one attached hydrogen (secondary N) is 1. The first kappa shape index (κ1) is 23.8. The molecule has 0 spiro atoms. The molecular formula is C24H27Cl2N3OS. The van der Waals surface area contributed by atoms with Gasteiger partial charge in [0, 0.05) is 36.3 Å². The molecular weight excluding hydrogens is 449 g/mol. The van der Waals surface area contributed by atoms with Crippen LogP contribution in [0.2, 0.25) is 10.0 Å². The Morgan fingerprint density at radius 2 is 1.71 bits per heavy atom. The van der Waals surface area contributed by atoms with E-state index in [4.69, 9.17) is 23.2 Å². The molecule has 2 heterocycles. The molecule has 3 rings (SSSR count). The number of H-pyrrole nitrogens is 1. The first-order valence-corrected chi connectivity index (χ1v) is 12.4. The Morgan fingerprint density at radius 1 is 0.903 bits per heavy atom. The zero-order chi connectivity index (χ0) is 21.9. The van der Waals surface area contributed by atoms with E-state index < -0.39 is 0 Å². The van der Waals surface area contributed by atoms with Gasteiger partial charge in [-0.2, -0.15) is 0 Å². The Balaban J connectivity index is 1.26. The molecule has 0 aliphatic heterocycles. The maximum atomic E-state index is 12.3. The van der Waals surface area contributed by atoms with Crippen LogP contribution < -0.4 is 5.56 Å². The molecule has 0 bridgehead atoms. The molecule has 0 aliphatic rings. The lowest BCUT2D eigenvalue weighted by molar-refractivity contribution is 0.609. The van der Waals surface area contributed by atoms with Crippen LogP contribution in [0.3, 0.4) is 0 Å². The van der Waals surface area contributed by atoms with E-state index >= 15 is 0 Å². The summed E-state index contributed by atoms with van der Waals surface area (Å²) < 4.78 is 0. The second kappa shape index (κ2) is 12.9. The summed E-state index contributed by atoms with van der Waals surface area (Å²) >= 11 is 13.6. The lowest BCUT2D eigenvalue weighted by Crippen LogP contribution is -2.14. The normalized spacial score (nSPS) is 11.0. The summed E-state index contributed by atoms with van der Waals surface area (Å²) in [5, 5.41) is 1.94. The van der Waals surface area contributed by atoms with Gasteiger partial charge in [0.1, 0.15) is 0 Å². The van der Waals surface area contributed by atoms with Crippen LogP contribution in [0.25, 0.3) is 0 Å². The summed E-state index contributed by atoms with van der Waals surface area (Å²) in [6, 6.07) is 9.71. The maximum Gasteiger partial charge on any atom is 0.255 e. The van der Waals surface area contributed by atoms with E-state index in [2.05, 4.69) is 21.0 Å². The van der Waals surface area contributed by atoms with Crippen molar-refractivity contribution in [3.8, 4) is 0 Å². The van der Waals surface area contributed by atoms with Crippen molar-refractivity contribution in [2.24, 2.45) is 0 Å². The number of unbranched alkanes of at least 4 members (excludes halogenated alkanes) is 5. The highest BCUT2D eigenvalue weighted by Crippen LogP contribution is 2.23. The number of thioether (sulfide) groups is 1. The number of pyridine rings is 1. The second-order valence-electron chi connectivity index (χ2n) is 7.55. The van der Waals surface area contributed by atoms with E-state index in [1.165, 1.54) is 37.7 Å². The molecule has 7 heteroatoms. The molecule has 164 valence electrons. The van der Waals surface area contributed by atoms with Crippen molar-refractivity contribution in [2.45, 2.75) is 56.5 Å². The van der Waals surface area contributed by atoms with Crippen molar-refractivity contribution in [1.82, 2.24) is 15.0 Å². The molecule has 1 N–H and O–H groups in total. The first-order chi connectivity index (χ1) is 15.1. The van der Waals surface area contributed by atoms with Crippen LogP contribution in [0.5, 0.6) is 0 Å². The summed E-state index contributed by atoms with van der Waals surface area (Å²) in [5.41, 5.74) is 2.85. The monoisotopic (exact) mass is 475 g/mol. The number of halogens is 2. The zero-order valence-corrected chi connectivity index (χ0v) is 19.8. The van der Waals surface area contributed by atoms with Crippen LogP contribution in [0, 0.1) is 0 Å². The predicted molar refractivity (Wildman–Crippen MR) is 130 cm³/mol. The third-order valence-corrected chi connectivity index (χ3v) is 6.76. The number of benzene rings is 1. The minimum Gasteiger partial charge on any atom is -0.301 e. The smallest absolute Gasteiger partial charge is 0.255 e. The molecule has 31 heavy (non-hydrogen) atoms. The molecule has 0 aliphatic carbocycles. The quantitative estimate of drug-likeness (QED) is 0.179. The number of aromatic amines is 1. The van der Waals surface area contributed by atoms with Crippen molar-refractivity contribution in [3.63, 3.8) is 0 Å². The van der Waals surface area contributed by atoms with Gasteiger partial charge in [-0.25, -0.2) is 4.98 Å². The highest BCUT2D eigenvalue weighted by molar-refractivity contribution is 7.99. The van der Waals surface area contributed by atoms with Gasteiger partial charge in [-0.05, 0) is 48.6 Å². The molecule has 4 nitrogen and oxygen atoms in total. The standard InChI is InChI=1S/C24H27Cl2N3OS/c25-21-11-10-18(15-22(21)26)8-5-3-1-2-4-6-13-31-24-28-17-20(23(30)29-24)14-19-9-7-12-27-16-19/h7,9-12,15-17H,1-6,8,13-14H2,(H,28,29,30). The van der Waals surface area contributed by atoms with Crippen LogP contribution in [0.1, 0.15) is 55.2 Å². The molecule has 0 amide bonds. The topological polar surface area (TPSA) is 58.6 Å². The Bertz CT molecular complexity index is 1010. The van der Waals surface area contributed by atoms with Gasteiger partial charge in [0.2, 0.25) is 0 Å². The van der Waals surface area contributed by atoms with Crippen molar-refractivity contribution in [3.05, 3.63) is 86.0 Å². The number of nitrogens with zero attached hydrogens (tertiary/aromatic N) is 2. The highest BCUT2D eigenvalue weighted by Gasteiger charge is 2.05. The molecule has 0 fully saturated rings. The van der Waals surface area contributed by atoms with Gasteiger partial charge in [0.05, 0.1) is 10.0 Å². The summed E-state index contributed by atoms with van der Waals surface area (Å²) in [6.07, 6.45) is 14.0. The number of hydrogen-bond donors (Lipinski definition) is 1. The van der Waals surface area contributed by atoms with Gasteiger partial charge in [0.15, 0.2) is 5.16 Å². The fourth-order valence-electron chi connectivity index (χ4n) is 3.33. The minimum absolute atomic E-state index is 0.0664. The van der Waals surface area contributed by atoms with Crippen LogP contribution in [0.4, 0.5) is 0 Å². The van der Waals surface area contributed by atoms with Crippen molar-refractivity contribution in [1.29, 1.82) is 0 Å². The molecule has 0 saturated heterocycles. The largest absolute Gasteiger partial charge is 0.301 e. The van der Waals surface area contributed by atoms with E-state index in [0.717, 1.165) is 24.2 Å². The maximum absolute atomic E-state index is 12.3. The van der Waals surface area contributed by atoms with E-state index in [9.17, 15) is 4.79 Å². The van der Waals surface area contributed by atoms with Crippen LogP contribution in [0.15, 0.2) is 58.9 Å². The summed E-state index contributed by atoms with van der Waals surface area (Å²) in [7, 11) is 0. The van der Waals surface area contributed by atoms with Gasteiger partial charge in [-0.3, -0.25) is 9.78 Å². The van der Waals surface area contributed by atoms with Gasteiger partial charge in [-0.1, -0.05) is 72.8 Å². The summed E-state index contributed by atoms with van der Waals surface area (Å²) in [5.74, 6) is 0.966. The van der Waals surface area contributed by atoms with Gasteiger partial charge in [0.25, 0.3) is 5.56 Å². The third-order valence-electron chi connectivity index (χ3n) is 5.05. The third kappa shape index (κ3) is 8.32. The van der Waals surface area contributed by atoms with Crippen molar-refractivity contribution < 1.29 is 0 Å². The summed E-state index contributed by atoms with van der Waals surface area (Å²) in [4.78, 5) is 23.7. The lowest BCUT2D eigenvalue weighted by Gasteiger charge is -2.05. The van der Waals surface area contributed by atoms with Crippen LogP contribution in [-0.4, -0.2) is 20.7 Å². The molecule has 0 radical (unpaired) electrons. The predicted octanol–water partition coefficient (Wildman–Crippen LogP) is 6.74. The molecule has 2 aromatic heterocycles. The van der Waals surface area contributed by atoms with Gasteiger partial charge in [-0.15, -0.1) is 0 Å². The van der Waals surface area contributed by atoms with Gasteiger partial charge < -0.3 is 4.98 Å². The number of hydrogen-bond acceptors (Lipinski definition) is 4. The Kier molecular flexibility index (Phi) is 9.91. The van der Waals surface area contributed by atoms with Crippen LogP contribution >= 0.6 is 35.0 Å². The molecule has 1 aromatic carbocycles. The Morgan fingerprint density at radius 3 is 2.45 bits per heavy atom. The number of aryl methyl sites for hydroxylation is 1. The van der Waals surface area contributed by atoms with Crippen LogP contribution in [-0.2, 0) is 12.8 Å². The Labute approximate surface area is 197 Å². The SMILES string of the molecule is O=c1[nH]c(SCCCCCCCCc2ccc(Cl)c(Cl)c2)ncc1Cc1cccnc1. The molecule has 0 saturated carbocycles. The Hall–Kier alpha value is -1.82. The fraction of sp³-hybridized carbons (Fsp3) is 0.375. The number of rotatable bonds is 12. The van der Waals surface area contributed by atoms with E-state index in [-0.39, 0.29) is 5.56 Å². The molecule has 0 atom stereocenters. The van der Waals surface area contributed by atoms with E-state index in [0.29, 0.717) is 27.2 Å². The second-order valence-corrected chi connectivity index (χ2v) is 9.45. The highest BCUT2D eigenvalue weighted by atomic mass is 35.5. The molecule has 0 unspecified atom stereocenters. The lowest BCUT2D eigenvalue weighted by atomic mass is 10.1. The number of aromatic nitrogens is 3. The van der Waals surface area contributed by atoms with Gasteiger partial charge >= 0.3 is 0 Å².